The van der Waals surface area contributed by atoms with Gasteiger partial charge in [0.05, 0.1) is 6.54 Å². The molecule has 0 aromatic carbocycles. The quantitative estimate of drug-likeness (QED) is 0.368. The fraction of sp³-hybridized carbons (Fsp3) is 0.261. The molecule has 184 valence electrons. The van der Waals surface area contributed by atoms with Crippen molar-refractivity contribution in [2.24, 2.45) is 0 Å². The molecule has 4 heterocycles. The lowest BCUT2D eigenvalue weighted by Gasteiger charge is -2.19. The Morgan fingerprint density at radius 2 is 1.83 bits per heavy atom. The van der Waals surface area contributed by atoms with E-state index < -0.39 is 17.3 Å². The molecular formula is C23H24ClN5O6. The molecule has 0 radical (unpaired) electrons. The first-order chi connectivity index (χ1) is 16.7. The van der Waals surface area contributed by atoms with Crippen molar-refractivity contribution < 1.29 is 23.3 Å². The van der Waals surface area contributed by atoms with E-state index in [2.05, 4.69) is 25.6 Å². The van der Waals surface area contributed by atoms with Gasteiger partial charge in [-0.25, -0.2) is 4.79 Å². The molecule has 2 N–H and O–H groups in total. The Morgan fingerprint density at radius 3 is 2.40 bits per heavy atom. The summed E-state index contributed by atoms with van der Waals surface area (Å²) in [4.78, 5) is 30.2. The molecular weight excluding hydrogens is 478 g/mol. The van der Waals surface area contributed by atoms with Gasteiger partial charge in [-0.15, -0.1) is 0 Å². The van der Waals surface area contributed by atoms with Crippen LogP contribution in [0.3, 0.4) is 0 Å². The Labute approximate surface area is 205 Å². The number of aromatic nitrogens is 4. The molecule has 1 amide bonds. The molecule has 0 unspecified atom stereocenters. The number of carbonyl (C=O) groups excluding carboxylic acids is 1. The molecule has 0 fully saturated rings. The Hall–Kier alpha value is -4.12. The largest absolute Gasteiger partial charge is 0.474 e. The normalized spacial score (nSPS) is 10.7. The van der Waals surface area contributed by atoms with Crippen LogP contribution >= 0.6 is 11.6 Å². The molecule has 0 saturated heterocycles. The van der Waals surface area contributed by atoms with Gasteiger partial charge in [-0.2, -0.15) is 5.16 Å². The summed E-state index contributed by atoms with van der Waals surface area (Å²) in [5.74, 6) is 1.24. The third kappa shape index (κ3) is 8.00. The third-order valence-electron chi connectivity index (χ3n) is 4.02. The zero-order chi connectivity index (χ0) is 25.3. The first-order valence-electron chi connectivity index (χ1n) is 10.5. The van der Waals surface area contributed by atoms with Crippen LogP contribution in [0.25, 0.3) is 22.6 Å². The molecule has 0 aliphatic carbocycles. The number of H-pyrrole nitrogens is 1. The van der Waals surface area contributed by atoms with Crippen LogP contribution in [-0.4, -0.2) is 45.1 Å². The van der Waals surface area contributed by atoms with Gasteiger partial charge in [0.15, 0.2) is 16.5 Å². The number of nitrogens with zero attached hydrogens (tertiary/aromatic N) is 3. The van der Waals surface area contributed by atoms with Crippen LogP contribution in [0.5, 0.6) is 5.88 Å². The van der Waals surface area contributed by atoms with Crippen LogP contribution in [0, 0.1) is 0 Å². The van der Waals surface area contributed by atoms with Crippen molar-refractivity contribution in [2.75, 3.05) is 13.2 Å². The molecule has 35 heavy (non-hydrogen) atoms. The molecule has 4 aromatic heterocycles. The van der Waals surface area contributed by atoms with Gasteiger partial charge >= 0.3 is 6.09 Å². The second kappa shape index (κ2) is 11.8. The molecule has 4 rings (SSSR count). The van der Waals surface area contributed by atoms with Gasteiger partial charge in [-0.1, -0.05) is 11.6 Å². The summed E-state index contributed by atoms with van der Waals surface area (Å²) in [6, 6.07) is 8.83. The number of halogens is 1. The zero-order valence-corrected chi connectivity index (χ0v) is 20.0. The maximum atomic E-state index is 11.4. The minimum Gasteiger partial charge on any atom is -0.474 e. The monoisotopic (exact) mass is 501 g/mol. The molecule has 0 atom stereocenters. The number of amides is 1. The lowest BCUT2D eigenvalue weighted by atomic mass is 10.2. The average molecular weight is 502 g/mol. The summed E-state index contributed by atoms with van der Waals surface area (Å²) in [5.41, 5.74) is 0.540. The summed E-state index contributed by atoms with van der Waals surface area (Å²) in [6.45, 7) is 5.98. The van der Waals surface area contributed by atoms with Crippen LogP contribution in [0.15, 0.2) is 69.0 Å². The summed E-state index contributed by atoms with van der Waals surface area (Å²) >= 11 is 5.68. The topological polar surface area (TPSA) is 145 Å². The fourth-order valence-electron chi connectivity index (χ4n) is 2.57. The van der Waals surface area contributed by atoms with Crippen molar-refractivity contribution >= 4 is 17.7 Å². The summed E-state index contributed by atoms with van der Waals surface area (Å²) in [6.07, 6.45) is 6.07. The zero-order valence-electron chi connectivity index (χ0n) is 19.3. The first-order valence-corrected chi connectivity index (χ1v) is 10.8. The highest BCUT2D eigenvalue weighted by Gasteiger charge is 2.15. The van der Waals surface area contributed by atoms with Crippen molar-refractivity contribution in [1.29, 1.82) is 0 Å². The highest BCUT2D eigenvalue weighted by atomic mass is 35.5. The van der Waals surface area contributed by atoms with E-state index in [9.17, 15) is 9.59 Å². The lowest BCUT2D eigenvalue weighted by Crippen LogP contribution is -2.34. The number of nitrogens with one attached hydrogen (secondary N) is 2. The number of carbonyl (C=O) groups is 1. The molecule has 12 heteroatoms. The highest BCUT2D eigenvalue weighted by Crippen LogP contribution is 2.23. The standard InChI is InChI=1S/C15H19N3O4.C8H5ClN2O2/c1-15(2,3)21-14(19)17-7-8-20-13-9-12(22-18-13)11-5-4-6-16-10-11;9-6-7(13-11-8(6)12)5-2-1-3-10-4-5/h4-6,9-10H,7-8H2,1-3H3,(H,17,19);1-4H,(H,11,12). The van der Waals surface area contributed by atoms with E-state index in [0.29, 0.717) is 29.5 Å². The second-order valence-electron chi connectivity index (χ2n) is 7.97. The lowest BCUT2D eigenvalue weighted by molar-refractivity contribution is 0.0519. The molecule has 0 aliphatic rings. The van der Waals surface area contributed by atoms with Crippen LogP contribution in [0.1, 0.15) is 20.8 Å². The minimum atomic E-state index is -0.518. The van der Waals surface area contributed by atoms with Gasteiger partial charge in [0.2, 0.25) is 0 Å². The fourth-order valence-corrected chi connectivity index (χ4v) is 2.75. The van der Waals surface area contributed by atoms with E-state index in [-0.39, 0.29) is 11.6 Å². The number of ether oxygens (including phenoxy) is 2. The number of hydrogen-bond acceptors (Lipinski definition) is 9. The SMILES string of the molecule is CC(C)(C)OC(=O)NCCOc1cc(-c2cccnc2)on1.O=c1[nH]oc(-c2cccnc2)c1Cl. The number of rotatable bonds is 6. The Balaban J connectivity index is 0.000000223. The maximum Gasteiger partial charge on any atom is 0.407 e. The van der Waals surface area contributed by atoms with E-state index in [1.807, 2.05) is 12.1 Å². The van der Waals surface area contributed by atoms with E-state index in [1.54, 1.807) is 63.8 Å². The molecule has 11 nitrogen and oxygen atoms in total. The molecule has 0 bridgehead atoms. The summed E-state index contributed by atoms with van der Waals surface area (Å²) < 4.78 is 20.5. The van der Waals surface area contributed by atoms with Crippen molar-refractivity contribution in [3.05, 3.63) is 70.5 Å². The molecule has 0 saturated carbocycles. The Bertz CT molecular complexity index is 1260. The van der Waals surface area contributed by atoms with Gasteiger partial charge in [0.1, 0.15) is 12.2 Å². The number of alkyl carbamates (subject to hydrolysis) is 1. The number of aromatic amines is 1. The van der Waals surface area contributed by atoms with Gasteiger partial charge in [0.25, 0.3) is 11.4 Å². The van der Waals surface area contributed by atoms with E-state index in [4.69, 9.17) is 30.1 Å². The van der Waals surface area contributed by atoms with Gasteiger partial charge in [-0.05, 0) is 50.2 Å². The predicted octanol–water partition coefficient (Wildman–Crippen LogP) is 4.32. The van der Waals surface area contributed by atoms with Crippen molar-refractivity contribution in [1.82, 2.24) is 25.6 Å². The average Bonchev–Trinajstić information content (AvgIpc) is 3.44. The third-order valence-corrected chi connectivity index (χ3v) is 4.37. The van der Waals surface area contributed by atoms with Crippen LogP contribution < -0.4 is 15.6 Å². The van der Waals surface area contributed by atoms with Crippen molar-refractivity contribution in [3.8, 4) is 28.5 Å². The molecule has 0 aliphatic heterocycles. The highest BCUT2D eigenvalue weighted by molar-refractivity contribution is 6.32. The maximum absolute atomic E-state index is 11.4. The van der Waals surface area contributed by atoms with E-state index >= 15 is 0 Å². The van der Waals surface area contributed by atoms with Crippen LogP contribution in [-0.2, 0) is 4.74 Å². The van der Waals surface area contributed by atoms with Crippen molar-refractivity contribution in [2.45, 2.75) is 26.4 Å². The van der Waals surface area contributed by atoms with Gasteiger partial charge < -0.3 is 23.8 Å². The molecule has 0 spiro atoms. The summed E-state index contributed by atoms with van der Waals surface area (Å²) in [5, 5.41) is 8.59. The van der Waals surface area contributed by atoms with E-state index in [1.165, 1.54) is 0 Å². The Kier molecular flexibility index (Phi) is 8.63. The first kappa shape index (κ1) is 25.5. The summed E-state index contributed by atoms with van der Waals surface area (Å²) in [7, 11) is 0. The van der Waals surface area contributed by atoms with Crippen LogP contribution in [0.4, 0.5) is 4.79 Å². The van der Waals surface area contributed by atoms with E-state index in [0.717, 1.165) is 5.56 Å². The van der Waals surface area contributed by atoms with Gasteiger partial charge in [-0.3, -0.25) is 14.8 Å². The smallest absolute Gasteiger partial charge is 0.407 e. The number of pyridine rings is 2. The minimum absolute atomic E-state index is 0.0491. The predicted molar refractivity (Wildman–Crippen MR) is 127 cm³/mol. The van der Waals surface area contributed by atoms with Crippen molar-refractivity contribution in [3.63, 3.8) is 0 Å². The van der Waals surface area contributed by atoms with Crippen LogP contribution in [0.2, 0.25) is 5.02 Å². The number of hydrogen-bond donors (Lipinski definition) is 2. The second-order valence-corrected chi connectivity index (χ2v) is 8.34. The molecule has 4 aromatic rings. The Morgan fingerprint density at radius 1 is 1.14 bits per heavy atom. The van der Waals surface area contributed by atoms with Gasteiger partial charge in [0, 0.05) is 42.0 Å².